The summed E-state index contributed by atoms with van der Waals surface area (Å²) in [5.74, 6) is 0.235. The van der Waals surface area contributed by atoms with Gasteiger partial charge in [0.25, 0.3) is 0 Å². The molecule has 0 spiro atoms. The van der Waals surface area contributed by atoms with E-state index in [-0.39, 0.29) is 25.7 Å². The summed E-state index contributed by atoms with van der Waals surface area (Å²) < 4.78 is 68.5. The molecule has 0 radical (unpaired) electrons. The second-order valence-electron chi connectivity index (χ2n) is 28.2. The molecule has 558 valence electrons. The van der Waals surface area contributed by atoms with E-state index in [4.69, 9.17) is 37.0 Å². The number of ether oxygens (including phenoxy) is 4. The van der Waals surface area contributed by atoms with Crippen LogP contribution in [0.2, 0.25) is 0 Å². The van der Waals surface area contributed by atoms with Gasteiger partial charge < -0.3 is 33.8 Å². The van der Waals surface area contributed by atoms with E-state index in [1.807, 2.05) is 0 Å². The van der Waals surface area contributed by atoms with Crippen LogP contribution in [-0.2, 0) is 65.4 Å². The highest BCUT2D eigenvalue weighted by atomic mass is 31.2. The van der Waals surface area contributed by atoms with Crippen molar-refractivity contribution in [2.75, 3.05) is 39.6 Å². The molecule has 0 aliphatic carbocycles. The number of hydrogen-bond acceptors (Lipinski definition) is 15. The molecule has 0 saturated carbocycles. The van der Waals surface area contributed by atoms with Crippen LogP contribution >= 0.6 is 15.6 Å². The summed E-state index contributed by atoms with van der Waals surface area (Å²) in [6.45, 7) is 11.9. The lowest BCUT2D eigenvalue weighted by atomic mass is 9.99. The smallest absolute Gasteiger partial charge is 0.462 e. The molecule has 0 rings (SSSR count). The van der Waals surface area contributed by atoms with Crippen LogP contribution in [0.5, 0.6) is 0 Å². The van der Waals surface area contributed by atoms with Crippen LogP contribution in [0.3, 0.4) is 0 Å². The summed E-state index contributed by atoms with van der Waals surface area (Å²) in [6, 6.07) is 0. The van der Waals surface area contributed by atoms with Gasteiger partial charge in [0.2, 0.25) is 0 Å². The molecule has 0 aromatic carbocycles. The molecular weight excluding hydrogens is 1230 g/mol. The van der Waals surface area contributed by atoms with Gasteiger partial charge in [0.05, 0.1) is 26.4 Å². The molecule has 0 bridgehead atoms. The average molecular weight is 1380 g/mol. The molecule has 0 aromatic rings. The fraction of sp³-hybridized carbons (Fsp3) is 0.947. The first-order valence-corrected chi connectivity index (χ1v) is 41.9. The Bertz CT molecular complexity index is 1840. The van der Waals surface area contributed by atoms with Gasteiger partial charge in [-0.25, -0.2) is 9.13 Å². The van der Waals surface area contributed by atoms with Crippen LogP contribution in [0.4, 0.5) is 0 Å². The Morgan fingerprint density at radius 2 is 0.543 bits per heavy atom. The minimum atomic E-state index is -4.96. The van der Waals surface area contributed by atoms with Gasteiger partial charge in [0, 0.05) is 25.7 Å². The minimum absolute atomic E-state index is 0.105. The number of unbranched alkanes of at least 4 members (excludes halogenated alkanes) is 40. The standard InChI is InChI=1S/C75H146O17P2/c1-8-10-11-12-13-25-35-42-49-56-72(77)85-62-71(92-75(80)59-52-45-38-31-30-34-41-48-55-68(7)9-2)65-90-94(83,84)88-61-69(76)60-87-93(81,82)89-64-70(63-86-73(78)57-50-43-36-28-23-20-16-18-22-27-33-40-47-54-67(5)6)91-74(79)58-51-44-37-29-24-19-15-14-17-21-26-32-39-46-53-66(3)4/h66-71,76H,8-65H2,1-7H3,(H,81,82)(H,83,84)/t68?,69-,70-,71-/m1/s1. The minimum Gasteiger partial charge on any atom is -0.462 e. The molecular formula is C75H146O17P2. The molecule has 0 aromatic heterocycles. The highest BCUT2D eigenvalue weighted by molar-refractivity contribution is 7.47. The van der Waals surface area contributed by atoms with Gasteiger partial charge in [-0.15, -0.1) is 0 Å². The average Bonchev–Trinajstić information content (AvgIpc) is 1.39. The third-order valence-electron chi connectivity index (χ3n) is 17.7. The van der Waals surface area contributed by atoms with E-state index < -0.39 is 97.5 Å². The monoisotopic (exact) mass is 1380 g/mol. The first kappa shape index (κ1) is 92.1. The summed E-state index contributed by atoms with van der Waals surface area (Å²) >= 11 is 0. The van der Waals surface area contributed by atoms with E-state index in [2.05, 4.69) is 48.5 Å². The van der Waals surface area contributed by atoms with Gasteiger partial charge in [0.1, 0.15) is 19.3 Å². The van der Waals surface area contributed by atoms with Crippen molar-refractivity contribution in [3.05, 3.63) is 0 Å². The first-order chi connectivity index (χ1) is 45.3. The van der Waals surface area contributed by atoms with Crippen molar-refractivity contribution in [1.29, 1.82) is 0 Å². The zero-order chi connectivity index (χ0) is 69.4. The molecule has 3 N–H and O–H groups in total. The Balaban J connectivity index is 5.24. The van der Waals surface area contributed by atoms with E-state index in [0.717, 1.165) is 108 Å². The van der Waals surface area contributed by atoms with E-state index in [1.54, 1.807) is 0 Å². The zero-order valence-corrected chi connectivity index (χ0v) is 63.2. The molecule has 3 unspecified atom stereocenters. The Morgan fingerprint density at radius 3 is 0.809 bits per heavy atom. The molecule has 6 atom stereocenters. The van der Waals surface area contributed by atoms with Gasteiger partial charge in [-0.1, -0.05) is 331 Å². The number of phosphoric acid groups is 2. The number of esters is 4. The number of hydrogen-bond donors (Lipinski definition) is 3. The van der Waals surface area contributed by atoms with Crippen molar-refractivity contribution in [3.8, 4) is 0 Å². The van der Waals surface area contributed by atoms with Crippen LogP contribution in [0.25, 0.3) is 0 Å². The van der Waals surface area contributed by atoms with E-state index in [9.17, 15) is 43.2 Å². The summed E-state index contributed by atoms with van der Waals surface area (Å²) in [4.78, 5) is 72.7. The van der Waals surface area contributed by atoms with E-state index >= 15 is 0 Å². The number of carbonyl (C=O) groups is 4. The fourth-order valence-corrected chi connectivity index (χ4v) is 13.0. The predicted molar refractivity (Wildman–Crippen MR) is 381 cm³/mol. The SMILES string of the molecule is CCCCCCCCCCCC(=O)OC[C@H](COP(=O)(O)OC[C@H](O)COP(=O)(O)OC[C@@H](COC(=O)CCCCCCCCCCCCCCCC(C)C)OC(=O)CCCCCCCCCCCCCCCCC(C)C)OC(=O)CCCCCCCCCCC(C)CC. The number of carbonyl (C=O) groups excluding carboxylic acids is 4. The summed E-state index contributed by atoms with van der Waals surface area (Å²) in [5.41, 5.74) is 0. The van der Waals surface area contributed by atoms with Crippen molar-refractivity contribution in [1.82, 2.24) is 0 Å². The molecule has 0 amide bonds. The van der Waals surface area contributed by atoms with Gasteiger partial charge >= 0.3 is 39.5 Å². The van der Waals surface area contributed by atoms with E-state index in [1.165, 1.54) is 193 Å². The second-order valence-corrected chi connectivity index (χ2v) is 31.1. The third-order valence-corrected chi connectivity index (χ3v) is 19.6. The Morgan fingerprint density at radius 1 is 0.309 bits per heavy atom. The second kappa shape index (κ2) is 65.7. The topological polar surface area (TPSA) is 237 Å². The summed E-state index contributed by atoms with van der Waals surface area (Å²) in [5, 5.41) is 10.6. The van der Waals surface area contributed by atoms with Gasteiger partial charge in [-0.3, -0.25) is 37.3 Å². The van der Waals surface area contributed by atoms with E-state index in [0.29, 0.717) is 25.7 Å². The maximum absolute atomic E-state index is 13.1. The Hall–Kier alpha value is -1.94. The van der Waals surface area contributed by atoms with Crippen LogP contribution in [0.15, 0.2) is 0 Å². The molecule has 0 aliphatic heterocycles. The molecule has 0 fully saturated rings. The number of aliphatic hydroxyl groups is 1. The molecule has 0 saturated heterocycles. The molecule has 94 heavy (non-hydrogen) atoms. The van der Waals surface area contributed by atoms with Crippen molar-refractivity contribution in [2.45, 2.75) is 401 Å². The number of phosphoric ester groups is 2. The quantitative estimate of drug-likeness (QED) is 0.0222. The molecule has 0 aliphatic rings. The summed E-state index contributed by atoms with van der Waals surface area (Å²) in [7, 11) is -9.91. The molecule has 0 heterocycles. The van der Waals surface area contributed by atoms with Crippen molar-refractivity contribution < 1.29 is 80.2 Å². The van der Waals surface area contributed by atoms with Gasteiger partial charge in [-0.05, 0) is 43.4 Å². The lowest BCUT2D eigenvalue weighted by Gasteiger charge is -2.21. The number of aliphatic hydroxyl groups excluding tert-OH is 1. The largest absolute Gasteiger partial charge is 0.472 e. The third kappa shape index (κ3) is 67.3. The van der Waals surface area contributed by atoms with Crippen LogP contribution in [-0.4, -0.2) is 96.7 Å². The van der Waals surface area contributed by atoms with Crippen LogP contribution in [0.1, 0.15) is 382 Å². The maximum Gasteiger partial charge on any atom is 0.472 e. The highest BCUT2D eigenvalue weighted by Crippen LogP contribution is 2.45. The first-order valence-electron chi connectivity index (χ1n) is 38.9. The normalized spacial score (nSPS) is 14.4. The molecule has 19 heteroatoms. The van der Waals surface area contributed by atoms with Crippen LogP contribution < -0.4 is 0 Å². The van der Waals surface area contributed by atoms with Gasteiger partial charge in [-0.2, -0.15) is 0 Å². The lowest BCUT2D eigenvalue weighted by molar-refractivity contribution is -0.161. The van der Waals surface area contributed by atoms with Crippen molar-refractivity contribution in [3.63, 3.8) is 0 Å². The van der Waals surface area contributed by atoms with Crippen LogP contribution in [0, 0.1) is 17.8 Å². The lowest BCUT2D eigenvalue weighted by Crippen LogP contribution is -2.30. The Labute approximate surface area is 575 Å². The fourth-order valence-electron chi connectivity index (χ4n) is 11.4. The Kier molecular flexibility index (Phi) is 64.3. The van der Waals surface area contributed by atoms with Gasteiger partial charge in [0.15, 0.2) is 12.2 Å². The highest BCUT2D eigenvalue weighted by Gasteiger charge is 2.30. The summed E-state index contributed by atoms with van der Waals surface area (Å²) in [6.07, 6.45) is 51.2. The molecule has 17 nitrogen and oxygen atoms in total. The van der Waals surface area contributed by atoms with Crippen molar-refractivity contribution in [2.24, 2.45) is 17.8 Å². The zero-order valence-electron chi connectivity index (χ0n) is 61.4. The number of rotatable bonds is 73. The van der Waals surface area contributed by atoms with Crippen molar-refractivity contribution >= 4 is 39.5 Å². The maximum atomic E-state index is 13.1. The predicted octanol–water partition coefficient (Wildman–Crippen LogP) is 21.8.